The lowest BCUT2D eigenvalue weighted by Crippen LogP contribution is -2.17. The van der Waals surface area contributed by atoms with Crippen LogP contribution in [0.2, 0.25) is 0 Å². The van der Waals surface area contributed by atoms with Crippen LogP contribution >= 0.6 is 0 Å². The van der Waals surface area contributed by atoms with Crippen molar-refractivity contribution in [2.45, 2.75) is 19.7 Å². The molecule has 0 fully saturated rings. The third-order valence-electron chi connectivity index (χ3n) is 2.11. The molecule has 0 atom stereocenters. The lowest BCUT2D eigenvalue weighted by Gasteiger charge is -2.11. The van der Waals surface area contributed by atoms with Gasteiger partial charge in [-0.2, -0.15) is 0 Å². The van der Waals surface area contributed by atoms with E-state index in [4.69, 9.17) is 0 Å². The minimum absolute atomic E-state index is 0.0225. The maximum atomic E-state index is 11.9. The lowest BCUT2D eigenvalue weighted by atomic mass is 10.1. The van der Waals surface area contributed by atoms with Crippen LogP contribution in [0.15, 0.2) is 18.2 Å². The Labute approximate surface area is 96.1 Å². The first-order valence-corrected chi connectivity index (χ1v) is 4.74. The summed E-state index contributed by atoms with van der Waals surface area (Å²) in [4.78, 5) is 11.0. The van der Waals surface area contributed by atoms with E-state index in [-0.39, 0.29) is 12.2 Å². The molecule has 0 saturated heterocycles. The summed E-state index contributed by atoms with van der Waals surface area (Å²) in [5, 5.41) is 0. The van der Waals surface area contributed by atoms with Crippen molar-refractivity contribution in [1.29, 1.82) is 0 Å². The summed E-state index contributed by atoms with van der Waals surface area (Å²) in [6.45, 7) is 1.60. The number of ether oxygens (including phenoxy) is 2. The van der Waals surface area contributed by atoms with E-state index in [0.29, 0.717) is 11.1 Å². The van der Waals surface area contributed by atoms with Gasteiger partial charge in [-0.15, -0.1) is 13.2 Å². The molecule has 17 heavy (non-hydrogen) atoms. The maximum absolute atomic E-state index is 11.9. The highest BCUT2D eigenvalue weighted by Crippen LogP contribution is 2.25. The maximum Gasteiger partial charge on any atom is 0.573 e. The molecule has 0 aromatic heterocycles. The van der Waals surface area contributed by atoms with Gasteiger partial charge in [0, 0.05) is 0 Å². The molecule has 0 heterocycles. The molecular weight excluding hydrogens is 237 g/mol. The molecule has 3 nitrogen and oxygen atoms in total. The highest BCUT2D eigenvalue weighted by Gasteiger charge is 2.31. The third kappa shape index (κ3) is 4.34. The summed E-state index contributed by atoms with van der Waals surface area (Å²) in [5.74, 6) is -0.749. The van der Waals surface area contributed by atoms with Crippen molar-refractivity contribution in [2.75, 3.05) is 7.11 Å². The molecule has 0 amide bonds. The van der Waals surface area contributed by atoms with Crippen LogP contribution < -0.4 is 4.74 Å². The number of rotatable bonds is 3. The monoisotopic (exact) mass is 248 g/mol. The summed E-state index contributed by atoms with van der Waals surface area (Å²) in [6, 6.07) is 3.80. The zero-order valence-electron chi connectivity index (χ0n) is 9.30. The number of esters is 1. The first kappa shape index (κ1) is 13.3. The standard InChI is InChI=1S/C11H11F3O3/c1-7-5-9(17-11(12,13)14)4-3-8(7)6-10(15)16-2/h3-5H,6H2,1-2H3. The zero-order valence-corrected chi connectivity index (χ0v) is 9.30. The van der Waals surface area contributed by atoms with Crippen LogP contribution in [0.4, 0.5) is 13.2 Å². The first-order valence-electron chi connectivity index (χ1n) is 4.74. The predicted molar refractivity (Wildman–Crippen MR) is 53.6 cm³/mol. The molecule has 0 aliphatic rings. The van der Waals surface area contributed by atoms with Gasteiger partial charge < -0.3 is 9.47 Å². The van der Waals surface area contributed by atoms with Gasteiger partial charge in [0.25, 0.3) is 0 Å². The molecule has 0 saturated carbocycles. The summed E-state index contributed by atoms with van der Waals surface area (Å²) in [5.41, 5.74) is 1.14. The average Bonchev–Trinajstić information content (AvgIpc) is 2.19. The van der Waals surface area contributed by atoms with Gasteiger partial charge in [0.1, 0.15) is 5.75 Å². The Kier molecular flexibility index (Phi) is 3.98. The quantitative estimate of drug-likeness (QED) is 0.771. The van der Waals surface area contributed by atoms with Gasteiger partial charge in [-0.1, -0.05) is 6.07 Å². The van der Waals surface area contributed by atoms with E-state index in [9.17, 15) is 18.0 Å². The number of carbonyl (C=O) groups excluding carboxylic acids is 1. The minimum atomic E-state index is -4.71. The largest absolute Gasteiger partial charge is 0.573 e. The molecule has 1 aromatic carbocycles. The Morgan fingerprint density at radius 2 is 2.00 bits per heavy atom. The van der Waals surface area contributed by atoms with Crippen LogP contribution in [-0.4, -0.2) is 19.4 Å². The van der Waals surface area contributed by atoms with Crippen molar-refractivity contribution >= 4 is 5.97 Å². The molecule has 6 heteroatoms. The molecule has 0 aliphatic heterocycles. The number of hydrogen-bond donors (Lipinski definition) is 0. The van der Waals surface area contributed by atoms with Crippen molar-refractivity contribution in [3.8, 4) is 5.75 Å². The van der Waals surface area contributed by atoms with Crippen LogP contribution in [0.1, 0.15) is 11.1 Å². The number of halogens is 3. The average molecular weight is 248 g/mol. The van der Waals surface area contributed by atoms with Crippen LogP contribution in [0, 0.1) is 6.92 Å². The molecule has 1 aromatic rings. The fourth-order valence-corrected chi connectivity index (χ4v) is 1.29. The van der Waals surface area contributed by atoms with Gasteiger partial charge >= 0.3 is 12.3 Å². The van der Waals surface area contributed by atoms with Gasteiger partial charge in [-0.3, -0.25) is 4.79 Å². The van der Waals surface area contributed by atoms with Gasteiger partial charge in [-0.25, -0.2) is 0 Å². The molecule has 0 spiro atoms. The molecule has 0 bridgehead atoms. The Morgan fingerprint density at radius 1 is 1.35 bits per heavy atom. The number of hydrogen-bond acceptors (Lipinski definition) is 3. The smallest absolute Gasteiger partial charge is 0.469 e. The highest BCUT2D eigenvalue weighted by atomic mass is 19.4. The summed E-state index contributed by atoms with van der Waals surface area (Å²) < 4.78 is 44.0. The first-order chi connectivity index (χ1) is 7.81. The number of carbonyl (C=O) groups is 1. The molecule has 94 valence electrons. The number of benzene rings is 1. The van der Waals surface area contributed by atoms with E-state index in [2.05, 4.69) is 9.47 Å². The van der Waals surface area contributed by atoms with Crippen LogP contribution in [0.3, 0.4) is 0 Å². The Bertz CT molecular complexity index is 413. The number of alkyl halides is 3. The van der Waals surface area contributed by atoms with E-state index < -0.39 is 12.3 Å². The number of aryl methyl sites for hydroxylation is 1. The van der Waals surface area contributed by atoms with Crippen LogP contribution in [-0.2, 0) is 16.0 Å². The van der Waals surface area contributed by atoms with Crippen molar-refractivity contribution in [3.63, 3.8) is 0 Å². The second-order valence-electron chi connectivity index (χ2n) is 3.39. The van der Waals surface area contributed by atoms with Crippen molar-refractivity contribution in [2.24, 2.45) is 0 Å². The van der Waals surface area contributed by atoms with Gasteiger partial charge in [0.2, 0.25) is 0 Å². The topological polar surface area (TPSA) is 35.5 Å². The van der Waals surface area contributed by atoms with E-state index in [1.165, 1.54) is 25.3 Å². The molecule has 0 unspecified atom stereocenters. The molecule has 1 rings (SSSR count). The SMILES string of the molecule is COC(=O)Cc1ccc(OC(F)(F)F)cc1C. The highest BCUT2D eigenvalue weighted by molar-refractivity contribution is 5.73. The molecule has 0 radical (unpaired) electrons. The van der Waals surface area contributed by atoms with Gasteiger partial charge in [0.05, 0.1) is 13.5 Å². The lowest BCUT2D eigenvalue weighted by molar-refractivity contribution is -0.274. The molecule has 0 aliphatic carbocycles. The summed E-state index contributed by atoms with van der Waals surface area (Å²) in [6.07, 6.45) is -4.69. The second-order valence-corrected chi connectivity index (χ2v) is 3.39. The van der Waals surface area contributed by atoms with Crippen LogP contribution in [0.25, 0.3) is 0 Å². The van der Waals surface area contributed by atoms with Crippen molar-refractivity contribution in [1.82, 2.24) is 0 Å². The predicted octanol–water partition coefficient (Wildman–Crippen LogP) is 2.61. The van der Waals surface area contributed by atoms with E-state index >= 15 is 0 Å². The Morgan fingerprint density at radius 3 is 2.47 bits per heavy atom. The number of methoxy groups -OCH3 is 1. The Hall–Kier alpha value is -1.72. The van der Waals surface area contributed by atoms with E-state index in [0.717, 1.165) is 0 Å². The van der Waals surface area contributed by atoms with Crippen LogP contribution in [0.5, 0.6) is 5.75 Å². The zero-order chi connectivity index (χ0) is 13.1. The molecule has 0 N–H and O–H groups in total. The second kappa shape index (κ2) is 5.07. The third-order valence-corrected chi connectivity index (χ3v) is 2.11. The molecular formula is C11H11F3O3. The summed E-state index contributed by atoms with van der Waals surface area (Å²) >= 11 is 0. The Balaban J connectivity index is 2.83. The van der Waals surface area contributed by atoms with Gasteiger partial charge in [-0.05, 0) is 30.2 Å². The van der Waals surface area contributed by atoms with Crippen molar-refractivity contribution in [3.05, 3.63) is 29.3 Å². The van der Waals surface area contributed by atoms with Crippen molar-refractivity contribution < 1.29 is 27.4 Å². The fraction of sp³-hybridized carbons (Fsp3) is 0.364. The summed E-state index contributed by atoms with van der Waals surface area (Å²) in [7, 11) is 1.25. The fourth-order valence-electron chi connectivity index (χ4n) is 1.29. The minimum Gasteiger partial charge on any atom is -0.469 e. The normalized spacial score (nSPS) is 11.1. The van der Waals surface area contributed by atoms with E-state index in [1.807, 2.05) is 0 Å². The van der Waals surface area contributed by atoms with E-state index in [1.54, 1.807) is 6.92 Å². The van der Waals surface area contributed by atoms with Gasteiger partial charge in [0.15, 0.2) is 0 Å².